The van der Waals surface area contributed by atoms with Crippen LogP contribution in [-0.2, 0) is 27.2 Å². The van der Waals surface area contributed by atoms with E-state index in [4.69, 9.17) is 14.2 Å². The van der Waals surface area contributed by atoms with Gasteiger partial charge in [0.25, 0.3) is 11.8 Å². The Morgan fingerprint density at radius 3 is 2.12 bits per heavy atom. The van der Waals surface area contributed by atoms with Crippen molar-refractivity contribution in [1.29, 1.82) is 0 Å². The molecule has 0 fully saturated rings. The zero-order valence-electron chi connectivity index (χ0n) is 26.1. The lowest BCUT2D eigenvalue weighted by atomic mass is 9.88. The highest BCUT2D eigenvalue weighted by molar-refractivity contribution is 7.17. The molecule has 2 aromatic carbocycles. The summed E-state index contributed by atoms with van der Waals surface area (Å²) in [5.74, 6) is 0.572. The molecule has 0 bridgehead atoms. The first-order valence-electron chi connectivity index (χ1n) is 14.8. The molecule has 1 heterocycles. The number of rotatable bonds is 11. The van der Waals surface area contributed by atoms with Gasteiger partial charge in [-0.3, -0.25) is 9.59 Å². The van der Waals surface area contributed by atoms with Crippen molar-refractivity contribution in [2.24, 2.45) is 5.92 Å². The molecule has 4 rings (SSSR count). The summed E-state index contributed by atoms with van der Waals surface area (Å²) in [4.78, 5) is 40.2. The van der Waals surface area contributed by atoms with E-state index in [1.807, 2.05) is 64.1 Å². The Morgan fingerprint density at radius 2 is 1.51 bits per heavy atom. The smallest absolute Gasteiger partial charge is 0.347 e. The molecule has 0 saturated heterocycles. The Morgan fingerprint density at radius 1 is 0.907 bits per heavy atom. The van der Waals surface area contributed by atoms with E-state index in [-0.39, 0.29) is 25.0 Å². The highest BCUT2D eigenvalue weighted by Gasteiger charge is 2.29. The summed E-state index contributed by atoms with van der Waals surface area (Å²) in [7, 11) is 0. The van der Waals surface area contributed by atoms with Crippen LogP contribution in [0.4, 0.5) is 5.00 Å². The molecule has 0 radical (unpaired) electrons. The van der Waals surface area contributed by atoms with E-state index in [0.717, 1.165) is 52.0 Å². The van der Waals surface area contributed by atoms with E-state index in [0.29, 0.717) is 28.0 Å². The van der Waals surface area contributed by atoms with Gasteiger partial charge in [-0.2, -0.15) is 0 Å². The van der Waals surface area contributed by atoms with Gasteiger partial charge >= 0.3 is 5.97 Å². The first-order valence-corrected chi connectivity index (χ1v) is 15.6. The minimum Gasteiger partial charge on any atom is -0.481 e. The van der Waals surface area contributed by atoms with E-state index in [2.05, 4.69) is 17.6 Å². The van der Waals surface area contributed by atoms with Crippen molar-refractivity contribution in [3.05, 3.63) is 74.7 Å². The maximum absolute atomic E-state index is 13.4. The van der Waals surface area contributed by atoms with Crippen LogP contribution in [0.5, 0.6) is 11.5 Å². The fraction of sp³-hybridized carbons (Fsp3) is 0.441. The van der Waals surface area contributed by atoms with Crippen molar-refractivity contribution < 1.29 is 28.6 Å². The molecule has 3 atom stereocenters. The maximum atomic E-state index is 13.4. The van der Waals surface area contributed by atoms with E-state index >= 15 is 0 Å². The molecule has 1 aromatic heterocycles. The number of nitrogens with one attached hydrogen (secondary N) is 2. The summed E-state index contributed by atoms with van der Waals surface area (Å²) in [6.07, 6.45) is 1.05. The first-order chi connectivity index (χ1) is 20.4. The van der Waals surface area contributed by atoms with Crippen LogP contribution in [0, 0.1) is 33.6 Å². The van der Waals surface area contributed by atoms with Crippen LogP contribution >= 0.6 is 11.3 Å². The van der Waals surface area contributed by atoms with Crippen LogP contribution in [0.1, 0.15) is 70.2 Å². The van der Waals surface area contributed by atoms with E-state index in [1.54, 1.807) is 13.8 Å². The molecule has 43 heavy (non-hydrogen) atoms. The Bertz CT molecular complexity index is 1500. The molecule has 230 valence electrons. The quantitative estimate of drug-likeness (QED) is 0.198. The standard InChI is InChI=1S/C34H42N2O6S/c1-19-8-13-28-29(16-19)43-33(36-31(37)24(6)41-26-11-9-20(2)22(4)17-26)30(28)32(38)35-14-15-40-34(39)25(7)42-27-12-10-21(3)23(5)18-27/h9-12,17-19,24-25H,8,13-16H2,1-7H3,(H,35,38)(H,36,37). The fourth-order valence-electron chi connectivity index (χ4n) is 4.90. The molecular weight excluding hydrogens is 564 g/mol. The van der Waals surface area contributed by atoms with Crippen LogP contribution in [0.2, 0.25) is 0 Å². The topological polar surface area (TPSA) is 103 Å². The predicted molar refractivity (Wildman–Crippen MR) is 169 cm³/mol. The van der Waals surface area contributed by atoms with Crippen LogP contribution in [-0.4, -0.2) is 43.1 Å². The second-order valence-electron chi connectivity index (χ2n) is 11.5. The largest absolute Gasteiger partial charge is 0.481 e. The average molecular weight is 607 g/mol. The predicted octanol–water partition coefficient (Wildman–Crippen LogP) is 6.25. The van der Waals surface area contributed by atoms with Crippen LogP contribution in [0.25, 0.3) is 0 Å². The van der Waals surface area contributed by atoms with Gasteiger partial charge in [-0.25, -0.2) is 4.79 Å². The molecule has 3 unspecified atom stereocenters. The molecule has 0 saturated carbocycles. The zero-order valence-corrected chi connectivity index (χ0v) is 26.9. The second kappa shape index (κ2) is 14.1. The molecule has 0 aliphatic heterocycles. The number of aryl methyl sites for hydroxylation is 4. The van der Waals surface area contributed by atoms with Gasteiger partial charge in [-0.1, -0.05) is 19.1 Å². The molecule has 8 nitrogen and oxygen atoms in total. The summed E-state index contributed by atoms with van der Waals surface area (Å²) in [5.41, 5.74) is 5.90. The molecule has 9 heteroatoms. The van der Waals surface area contributed by atoms with Crippen molar-refractivity contribution in [2.75, 3.05) is 18.5 Å². The molecule has 1 aliphatic rings. The minimum atomic E-state index is -0.793. The van der Waals surface area contributed by atoms with Crippen LogP contribution < -0.4 is 20.1 Å². The third-order valence-electron chi connectivity index (χ3n) is 7.89. The number of anilines is 1. The number of hydrogen-bond donors (Lipinski definition) is 2. The third-order valence-corrected chi connectivity index (χ3v) is 9.06. The number of ether oxygens (including phenoxy) is 3. The minimum absolute atomic E-state index is 0.00288. The SMILES string of the molecule is Cc1ccc(OC(C)C(=O)Nc2sc3c(c2C(=O)NCCOC(=O)C(C)Oc2ccc(C)c(C)c2)CCC(C)C3)cc1C. The molecule has 1 aliphatic carbocycles. The monoisotopic (exact) mass is 606 g/mol. The number of thiophene rings is 1. The van der Waals surface area contributed by atoms with Gasteiger partial charge in [-0.05, 0) is 119 Å². The van der Waals surface area contributed by atoms with Crippen LogP contribution in [0.3, 0.4) is 0 Å². The molecule has 2 N–H and O–H groups in total. The maximum Gasteiger partial charge on any atom is 0.347 e. The van der Waals surface area contributed by atoms with E-state index in [9.17, 15) is 14.4 Å². The van der Waals surface area contributed by atoms with Crippen molar-refractivity contribution in [1.82, 2.24) is 5.32 Å². The Balaban J connectivity index is 1.36. The Kier molecular flexibility index (Phi) is 10.5. The zero-order chi connectivity index (χ0) is 31.3. The molecule has 0 spiro atoms. The van der Waals surface area contributed by atoms with Gasteiger partial charge in [-0.15, -0.1) is 11.3 Å². The number of benzene rings is 2. The average Bonchev–Trinajstić information content (AvgIpc) is 3.31. The summed E-state index contributed by atoms with van der Waals surface area (Å²) in [6.45, 7) is 13.7. The van der Waals surface area contributed by atoms with E-state index in [1.165, 1.54) is 11.3 Å². The molecule has 3 aromatic rings. The number of esters is 1. The van der Waals surface area contributed by atoms with Crippen molar-refractivity contribution in [3.63, 3.8) is 0 Å². The van der Waals surface area contributed by atoms with Crippen molar-refractivity contribution in [2.45, 2.75) is 79.9 Å². The molecular formula is C34H42N2O6S. The normalized spacial score (nSPS) is 15.6. The highest BCUT2D eigenvalue weighted by Crippen LogP contribution is 2.39. The lowest BCUT2D eigenvalue weighted by Crippen LogP contribution is -2.33. The first kappa shape index (κ1) is 32.1. The van der Waals surface area contributed by atoms with Crippen molar-refractivity contribution in [3.8, 4) is 11.5 Å². The summed E-state index contributed by atoms with van der Waals surface area (Å²) in [5, 5.41) is 6.34. The van der Waals surface area contributed by atoms with Gasteiger partial charge in [0.1, 0.15) is 23.1 Å². The summed E-state index contributed by atoms with van der Waals surface area (Å²) in [6, 6.07) is 11.4. The van der Waals surface area contributed by atoms with E-state index < -0.39 is 18.2 Å². The van der Waals surface area contributed by atoms with Gasteiger partial charge in [0.15, 0.2) is 12.2 Å². The lowest BCUT2D eigenvalue weighted by molar-refractivity contribution is -0.150. The number of amides is 2. The third kappa shape index (κ3) is 8.16. The fourth-order valence-corrected chi connectivity index (χ4v) is 6.31. The number of hydrogen-bond acceptors (Lipinski definition) is 7. The lowest BCUT2D eigenvalue weighted by Gasteiger charge is -2.19. The summed E-state index contributed by atoms with van der Waals surface area (Å²) < 4.78 is 17.0. The Hall–Kier alpha value is -3.85. The van der Waals surface area contributed by atoms with Crippen molar-refractivity contribution >= 4 is 34.1 Å². The number of carbonyl (C=O) groups is 3. The summed E-state index contributed by atoms with van der Waals surface area (Å²) >= 11 is 1.45. The highest BCUT2D eigenvalue weighted by atomic mass is 32.1. The Labute approximate surface area is 258 Å². The van der Waals surface area contributed by atoms with Gasteiger partial charge < -0.3 is 24.8 Å². The van der Waals surface area contributed by atoms with Gasteiger partial charge in [0.05, 0.1) is 12.1 Å². The second-order valence-corrected chi connectivity index (χ2v) is 12.6. The van der Waals surface area contributed by atoms with Crippen LogP contribution in [0.15, 0.2) is 36.4 Å². The molecule has 2 amide bonds. The number of fused-ring (bicyclic) bond motifs is 1. The van der Waals surface area contributed by atoms with Gasteiger partial charge in [0.2, 0.25) is 0 Å². The van der Waals surface area contributed by atoms with Gasteiger partial charge in [0, 0.05) is 4.88 Å². The number of carbonyl (C=O) groups excluding carboxylic acids is 3.